The van der Waals surface area contributed by atoms with Gasteiger partial charge in [0.05, 0.1) is 16.5 Å². The van der Waals surface area contributed by atoms with Gasteiger partial charge in [-0.2, -0.15) is 0 Å². The molecule has 0 spiro atoms. The van der Waals surface area contributed by atoms with Crippen molar-refractivity contribution in [1.82, 2.24) is 24.7 Å². The smallest absolute Gasteiger partial charge is 0.234 e. The average Bonchev–Trinajstić information content (AvgIpc) is 3.24. The number of nitrogens with one attached hydrogen (secondary N) is 2. The Labute approximate surface area is 204 Å². The lowest BCUT2D eigenvalue weighted by molar-refractivity contribution is -0.113. The zero-order valence-electron chi connectivity index (χ0n) is 18.5. The number of amides is 1. The summed E-state index contributed by atoms with van der Waals surface area (Å²) in [6.07, 6.45) is 4.21. The number of hydrogen-bond acceptors (Lipinski definition) is 6. The van der Waals surface area contributed by atoms with E-state index in [-0.39, 0.29) is 11.7 Å². The third-order valence-corrected chi connectivity index (χ3v) is 7.52. The van der Waals surface area contributed by atoms with Crippen LogP contribution in [0.4, 0.5) is 5.69 Å². The zero-order valence-corrected chi connectivity index (χ0v) is 20.1. The summed E-state index contributed by atoms with van der Waals surface area (Å²) in [5, 5.41) is 16.9. The van der Waals surface area contributed by atoms with Crippen molar-refractivity contribution < 1.29 is 4.79 Å². The Kier molecular flexibility index (Phi) is 5.43. The van der Waals surface area contributed by atoms with E-state index in [0.717, 1.165) is 62.2 Å². The van der Waals surface area contributed by atoms with Gasteiger partial charge in [-0.05, 0) is 38.0 Å². The fraction of sp³-hybridized carbons (Fsp3) is 0.200. The maximum atomic E-state index is 12.7. The van der Waals surface area contributed by atoms with Gasteiger partial charge in [0.2, 0.25) is 5.91 Å². The first-order valence-electron chi connectivity index (χ1n) is 11.1. The highest BCUT2D eigenvalue weighted by Gasteiger charge is 2.31. The van der Waals surface area contributed by atoms with Gasteiger partial charge >= 0.3 is 0 Å². The SMILES string of the molecule is Cc1nc(-c2cccc(NC(=O)CSc3nnc(-c4c[nH]c5ccccc45)n3C3CC3)c2)cs1. The lowest BCUT2D eigenvalue weighted by atomic mass is 10.1. The van der Waals surface area contributed by atoms with E-state index < -0.39 is 0 Å². The Bertz CT molecular complexity index is 1500. The summed E-state index contributed by atoms with van der Waals surface area (Å²) in [7, 11) is 0. The molecule has 2 N–H and O–H groups in total. The molecule has 34 heavy (non-hydrogen) atoms. The third kappa shape index (κ3) is 4.12. The molecule has 0 bridgehead atoms. The van der Waals surface area contributed by atoms with E-state index in [9.17, 15) is 4.79 Å². The van der Waals surface area contributed by atoms with Crippen molar-refractivity contribution in [3.8, 4) is 22.6 Å². The molecule has 0 unspecified atom stereocenters. The van der Waals surface area contributed by atoms with Gasteiger partial charge in [0, 0.05) is 45.3 Å². The molecule has 1 fully saturated rings. The maximum Gasteiger partial charge on any atom is 0.234 e. The Morgan fingerprint density at radius 2 is 2.09 bits per heavy atom. The number of thiazole rings is 1. The van der Waals surface area contributed by atoms with Crippen molar-refractivity contribution in [3.63, 3.8) is 0 Å². The number of rotatable bonds is 7. The first-order chi connectivity index (χ1) is 16.7. The number of benzene rings is 2. The molecule has 0 saturated heterocycles. The molecule has 1 amide bonds. The van der Waals surface area contributed by atoms with Gasteiger partial charge in [0.25, 0.3) is 0 Å². The van der Waals surface area contributed by atoms with Gasteiger partial charge in [0.1, 0.15) is 0 Å². The third-order valence-electron chi connectivity index (χ3n) is 5.80. The number of aromatic amines is 1. The molecule has 2 aromatic carbocycles. The number of fused-ring (bicyclic) bond motifs is 1. The maximum absolute atomic E-state index is 12.7. The van der Waals surface area contributed by atoms with Gasteiger partial charge in [0.15, 0.2) is 11.0 Å². The number of nitrogens with zero attached hydrogens (tertiary/aromatic N) is 4. The van der Waals surface area contributed by atoms with Gasteiger partial charge in [-0.15, -0.1) is 21.5 Å². The number of carbonyl (C=O) groups is 1. The van der Waals surface area contributed by atoms with E-state index in [1.807, 2.05) is 54.9 Å². The lowest BCUT2D eigenvalue weighted by Crippen LogP contribution is -2.14. The fourth-order valence-electron chi connectivity index (χ4n) is 4.06. The number of para-hydroxylation sites is 1. The predicted molar refractivity (Wildman–Crippen MR) is 137 cm³/mol. The molecule has 1 aliphatic rings. The fourth-order valence-corrected chi connectivity index (χ4v) is 5.48. The van der Waals surface area contributed by atoms with E-state index in [0.29, 0.717) is 6.04 Å². The molecule has 1 saturated carbocycles. The summed E-state index contributed by atoms with van der Waals surface area (Å²) in [6, 6.07) is 16.4. The van der Waals surface area contributed by atoms with Crippen LogP contribution in [0.3, 0.4) is 0 Å². The van der Waals surface area contributed by atoms with Crippen LogP contribution in [-0.2, 0) is 4.79 Å². The van der Waals surface area contributed by atoms with E-state index in [1.54, 1.807) is 11.3 Å². The molecule has 170 valence electrons. The second kappa shape index (κ2) is 8.73. The minimum atomic E-state index is -0.0735. The summed E-state index contributed by atoms with van der Waals surface area (Å²) in [5.74, 6) is 1.04. The van der Waals surface area contributed by atoms with Crippen LogP contribution in [0.2, 0.25) is 0 Å². The quantitative estimate of drug-likeness (QED) is 0.279. The molecule has 1 aliphatic carbocycles. The highest BCUT2D eigenvalue weighted by Crippen LogP contribution is 2.42. The van der Waals surface area contributed by atoms with E-state index in [2.05, 4.69) is 42.2 Å². The van der Waals surface area contributed by atoms with Gasteiger partial charge in [-0.1, -0.05) is 42.1 Å². The standard InChI is InChI=1S/C25H22N6OS2/c1-15-27-22(13-33-15)16-5-4-6-17(11-16)28-23(32)14-34-25-30-29-24(31(25)18-9-10-18)20-12-26-21-8-3-2-7-19(20)21/h2-8,11-13,18,26H,9-10,14H2,1H3,(H,28,32). The molecule has 0 radical (unpaired) electrons. The summed E-state index contributed by atoms with van der Waals surface area (Å²) in [5.41, 5.74) is 4.80. The largest absolute Gasteiger partial charge is 0.360 e. The number of hydrogen-bond donors (Lipinski definition) is 2. The molecule has 5 aromatic rings. The Balaban J connectivity index is 1.18. The molecule has 9 heteroatoms. The first-order valence-corrected chi connectivity index (χ1v) is 13.0. The summed E-state index contributed by atoms with van der Waals surface area (Å²) < 4.78 is 2.19. The van der Waals surface area contributed by atoms with Crippen molar-refractivity contribution >= 4 is 45.6 Å². The molecule has 0 aliphatic heterocycles. The second-order valence-corrected chi connectivity index (χ2v) is 10.3. The van der Waals surface area contributed by atoms with Crippen LogP contribution in [-0.4, -0.2) is 36.4 Å². The molecular formula is C25H22N6OS2. The minimum absolute atomic E-state index is 0.0735. The van der Waals surface area contributed by atoms with Crippen LogP contribution in [0.5, 0.6) is 0 Å². The first kappa shape index (κ1) is 21.1. The number of H-pyrrole nitrogens is 1. The topological polar surface area (TPSA) is 88.5 Å². The monoisotopic (exact) mass is 486 g/mol. The highest BCUT2D eigenvalue weighted by molar-refractivity contribution is 7.99. The van der Waals surface area contributed by atoms with Crippen LogP contribution >= 0.6 is 23.1 Å². The number of carbonyl (C=O) groups excluding carboxylic acids is 1. The summed E-state index contributed by atoms with van der Waals surface area (Å²) >= 11 is 3.04. The Morgan fingerprint density at radius 1 is 1.21 bits per heavy atom. The molecule has 6 rings (SSSR count). The Morgan fingerprint density at radius 3 is 2.91 bits per heavy atom. The van der Waals surface area contributed by atoms with Crippen LogP contribution in [0.1, 0.15) is 23.9 Å². The number of aromatic nitrogens is 5. The van der Waals surface area contributed by atoms with E-state index >= 15 is 0 Å². The van der Waals surface area contributed by atoms with Crippen LogP contribution in [0, 0.1) is 6.92 Å². The number of anilines is 1. The number of aryl methyl sites for hydroxylation is 1. The molecule has 0 atom stereocenters. The van der Waals surface area contributed by atoms with Gasteiger partial charge in [-0.25, -0.2) is 4.98 Å². The molecule has 3 aromatic heterocycles. The normalized spacial score (nSPS) is 13.4. The predicted octanol–water partition coefficient (Wildman–Crippen LogP) is 5.92. The average molecular weight is 487 g/mol. The molecule has 7 nitrogen and oxygen atoms in total. The van der Waals surface area contributed by atoms with Crippen molar-refractivity contribution in [2.75, 3.05) is 11.1 Å². The lowest BCUT2D eigenvalue weighted by Gasteiger charge is -2.09. The van der Waals surface area contributed by atoms with Crippen LogP contribution < -0.4 is 5.32 Å². The van der Waals surface area contributed by atoms with Crippen LogP contribution in [0.25, 0.3) is 33.5 Å². The van der Waals surface area contributed by atoms with Crippen molar-refractivity contribution in [2.45, 2.75) is 31.0 Å². The zero-order chi connectivity index (χ0) is 23.1. The summed E-state index contributed by atoms with van der Waals surface area (Å²) in [4.78, 5) is 20.6. The van der Waals surface area contributed by atoms with E-state index in [4.69, 9.17) is 0 Å². The molecule has 3 heterocycles. The van der Waals surface area contributed by atoms with Crippen LogP contribution in [0.15, 0.2) is 65.3 Å². The Hall–Kier alpha value is -3.43. The second-order valence-electron chi connectivity index (χ2n) is 8.32. The van der Waals surface area contributed by atoms with Gasteiger partial charge in [-0.3, -0.25) is 9.36 Å². The minimum Gasteiger partial charge on any atom is -0.360 e. The number of thioether (sulfide) groups is 1. The van der Waals surface area contributed by atoms with Gasteiger partial charge < -0.3 is 10.3 Å². The van der Waals surface area contributed by atoms with E-state index in [1.165, 1.54) is 11.8 Å². The summed E-state index contributed by atoms with van der Waals surface area (Å²) in [6.45, 7) is 1.99. The molecular weight excluding hydrogens is 464 g/mol. The van der Waals surface area contributed by atoms with Crippen molar-refractivity contribution in [3.05, 3.63) is 65.1 Å². The van der Waals surface area contributed by atoms with Crippen molar-refractivity contribution in [2.24, 2.45) is 0 Å². The highest BCUT2D eigenvalue weighted by atomic mass is 32.2. The van der Waals surface area contributed by atoms with Crippen molar-refractivity contribution in [1.29, 1.82) is 0 Å².